The molecule has 0 saturated carbocycles. The molecule has 15 heavy (non-hydrogen) atoms. The Labute approximate surface area is 89.9 Å². The summed E-state index contributed by atoms with van der Waals surface area (Å²) in [7, 11) is 0. The zero-order chi connectivity index (χ0) is 11.3. The fraction of sp³-hybridized carbons (Fsp3) is 0.375. The van der Waals surface area contributed by atoms with E-state index in [0.717, 1.165) is 0 Å². The highest BCUT2D eigenvalue weighted by Crippen LogP contribution is 2.10. The van der Waals surface area contributed by atoms with Crippen LogP contribution >= 0.6 is 11.3 Å². The molecule has 0 fully saturated rings. The largest absolute Gasteiger partial charge is 0.465 e. The van der Waals surface area contributed by atoms with E-state index >= 15 is 0 Å². The van der Waals surface area contributed by atoms with Gasteiger partial charge in [0.25, 0.3) is 0 Å². The number of esters is 1. The molecule has 2 N–H and O–H groups in total. The van der Waals surface area contributed by atoms with Crippen LogP contribution in [0.4, 0.5) is 4.79 Å². The van der Waals surface area contributed by atoms with E-state index in [9.17, 15) is 9.59 Å². The molecule has 7 heteroatoms. The van der Waals surface area contributed by atoms with E-state index in [1.807, 2.05) is 0 Å². The van der Waals surface area contributed by atoms with Gasteiger partial charge in [0.05, 0.1) is 13.2 Å². The number of ether oxygens (including phenoxy) is 1. The molecule has 1 aromatic rings. The molecule has 0 bridgehead atoms. The number of nitrogens with one attached hydrogen (secondary N) is 1. The predicted octanol–water partition coefficient (Wildman–Crippen LogP) is 1.09. The van der Waals surface area contributed by atoms with E-state index in [2.05, 4.69) is 10.3 Å². The molecular formula is C8H10N2O4S. The molecule has 0 aliphatic carbocycles. The molecule has 0 aromatic carbocycles. The van der Waals surface area contributed by atoms with Crippen LogP contribution in [0.5, 0.6) is 0 Å². The van der Waals surface area contributed by atoms with Gasteiger partial charge in [0.1, 0.15) is 5.01 Å². The Hall–Kier alpha value is -1.63. The minimum Gasteiger partial charge on any atom is -0.465 e. The van der Waals surface area contributed by atoms with E-state index in [1.54, 1.807) is 6.92 Å². The molecule has 0 aliphatic rings. The third-order valence-corrected chi connectivity index (χ3v) is 2.28. The first-order valence-corrected chi connectivity index (χ1v) is 5.09. The van der Waals surface area contributed by atoms with Crippen LogP contribution in [0.1, 0.15) is 22.4 Å². The summed E-state index contributed by atoms with van der Waals surface area (Å²) in [4.78, 5) is 25.3. The number of carboxylic acid groups (broad SMARTS) is 1. The van der Waals surface area contributed by atoms with Crippen molar-refractivity contribution >= 4 is 23.4 Å². The van der Waals surface area contributed by atoms with Crippen molar-refractivity contribution in [3.63, 3.8) is 0 Å². The molecule has 1 rings (SSSR count). The fourth-order valence-corrected chi connectivity index (χ4v) is 1.55. The standard InChI is InChI=1S/C8H10N2O4S/c1-2-14-7(11)5-4-15-6(10-5)3-9-8(12)13/h4,9H,2-3H2,1H3,(H,12,13). The monoisotopic (exact) mass is 230 g/mol. The van der Waals surface area contributed by atoms with E-state index in [1.165, 1.54) is 16.7 Å². The number of hydrogen-bond donors (Lipinski definition) is 2. The van der Waals surface area contributed by atoms with Gasteiger partial charge in [-0.3, -0.25) is 0 Å². The van der Waals surface area contributed by atoms with Crippen LogP contribution in [0.2, 0.25) is 0 Å². The second kappa shape index (κ2) is 5.30. The average Bonchev–Trinajstić information content (AvgIpc) is 2.63. The van der Waals surface area contributed by atoms with E-state index < -0.39 is 12.1 Å². The normalized spacial score (nSPS) is 9.67. The number of rotatable bonds is 4. The Morgan fingerprint density at radius 1 is 1.67 bits per heavy atom. The van der Waals surface area contributed by atoms with Gasteiger partial charge in [0.15, 0.2) is 5.69 Å². The van der Waals surface area contributed by atoms with Crippen LogP contribution in [-0.2, 0) is 11.3 Å². The minimum atomic E-state index is -1.12. The van der Waals surface area contributed by atoms with Crippen LogP contribution in [0.15, 0.2) is 5.38 Å². The van der Waals surface area contributed by atoms with E-state index in [-0.39, 0.29) is 12.2 Å². The zero-order valence-corrected chi connectivity index (χ0v) is 8.84. The smallest absolute Gasteiger partial charge is 0.405 e. The number of amides is 1. The number of aromatic nitrogens is 1. The molecule has 0 saturated heterocycles. The SMILES string of the molecule is CCOC(=O)c1csc(CNC(=O)O)n1. The molecule has 0 aliphatic heterocycles. The van der Waals surface area contributed by atoms with Gasteiger partial charge in [0.2, 0.25) is 0 Å². The molecule has 0 unspecified atom stereocenters. The highest BCUT2D eigenvalue weighted by Gasteiger charge is 2.11. The average molecular weight is 230 g/mol. The highest BCUT2D eigenvalue weighted by atomic mass is 32.1. The maximum Gasteiger partial charge on any atom is 0.405 e. The van der Waals surface area contributed by atoms with Crippen LogP contribution < -0.4 is 5.32 Å². The first kappa shape index (κ1) is 11.4. The van der Waals surface area contributed by atoms with Crippen molar-refractivity contribution in [2.75, 3.05) is 6.61 Å². The maximum absolute atomic E-state index is 11.2. The second-order valence-electron chi connectivity index (χ2n) is 2.51. The summed E-state index contributed by atoms with van der Waals surface area (Å²) in [6.07, 6.45) is -1.12. The van der Waals surface area contributed by atoms with Crippen molar-refractivity contribution in [3.05, 3.63) is 16.1 Å². The van der Waals surface area contributed by atoms with Crippen LogP contribution in [0.25, 0.3) is 0 Å². The van der Waals surface area contributed by atoms with Crippen molar-refractivity contribution in [1.29, 1.82) is 0 Å². The summed E-state index contributed by atoms with van der Waals surface area (Å²) in [6.45, 7) is 2.09. The van der Waals surface area contributed by atoms with Crippen LogP contribution in [0, 0.1) is 0 Å². The maximum atomic E-state index is 11.2. The molecule has 6 nitrogen and oxygen atoms in total. The summed E-state index contributed by atoms with van der Waals surface area (Å²) < 4.78 is 4.74. The van der Waals surface area contributed by atoms with Gasteiger partial charge >= 0.3 is 12.1 Å². The lowest BCUT2D eigenvalue weighted by molar-refractivity contribution is 0.0520. The quantitative estimate of drug-likeness (QED) is 0.756. The van der Waals surface area contributed by atoms with Gasteiger partial charge < -0.3 is 15.2 Å². The van der Waals surface area contributed by atoms with E-state index in [0.29, 0.717) is 11.6 Å². The number of hydrogen-bond acceptors (Lipinski definition) is 5. The van der Waals surface area contributed by atoms with Crippen molar-refractivity contribution in [1.82, 2.24) is 10.3 Å². The number of carbonyl (C=O) groups is 2. The van der Waals surface area contributed by atoms with Gasteiger partial charge in [-0.1, -0.05) is 0 Å². The summed E-state index contributed by atoms with van der Waals surface area (Å²) in [5.41, 5.74) is 0.212. The first-order chi connectivity index (χ1) is 7.13. The molecule has 0 atom stereocenters. The molecule has 1 heterocycles. The lowest BCUT2D eigenvalue weighted by Gasteiger charge is -1.97. The van der Waals surface area contributed by atoms with Gasteiger partial charge in [0, 0.05) is 5.38 Å². The van der Waals surface area contributed by atoms with Gasteiger partial charge in [-0.2, -0.15) is 0 Å². The Morgan fingerprint density at radius 2 is 2.40 bits per heavy atom. The molecular weight excluding hydrogens is 220 g/mol. The predicted molar refractivity (Wildman–Crippen MR) is 52.9 cm³/mol. The number of thiazole rings is 1. The summed E-state index contributed by atoms with van der Waals surface area (Å²) >= 11 is 1.21. The van der Waals surface area contributed by atoms with Gasteiger partial charge in [-0.15, -0.1) is 11.3 Å². The number of nitrogens with zero attached hydrogens (tertiary/aromatic N) is 1. The van der Waals surface area contributed by atoms with Crippen molar-refractivity contribution in [3.8, 4) is 0 Å². The van der Waals surface area contributed by atoms with Crippen molar-refractivity contribution in [2.24, 2.45) is 0 Å². The molecule has 1 aromatic heterocycles. The lowest BCUT2D eigenvalue weighted by Crippen LogP contribution is -2.19. The van der Waals surface area contributed by atoms with E-state index in [4.69, 9.17) is 9.84 Å². The summed E-state index contributed by atoms with van der Waals surface area (Å²) in [6, 6.07) is 0. The Balaban J connectivity index is 2.56. The van der Waals surface area contributed by atoms with Gasteiger partial charge in [-0.25, -0.2) is 14.6 Å². The Kier molecular flexibility index (Phi) is 4.04. The molecule has 0 radical (unpaired) electrons. The zero-order valence-electron chi connectivity index (χ0n) is 8.02. The van der Waals surface area contributed by atoms with Crippen molar-refractivity contribution in [2.45, 2.75) is 13.5 Å². The third-order valence-electron chi connectivity index (χ3n) is 1.43. The Morgan fingerprint density at radius 3 is 3.00 bits per heavy atom. The van der Waals surface area contributed by atoms with Gasteiger partial charge in [-0.05, 0) is 6.92 Å². The molecule has 1 amide bonds. The molecule has 0 spiro atoms. The van der Waals surface area contributed by atoms with Crippen LogP contribution in [-0.4, -0.2) is 28.8 Å². The Bertz CT molecular complexity index is 363. The van der Waals surface area contributed by atoms with Crippen molar-refractivity contribution < 1.29 is 19.4 Å². The lowest BCUT2D eigenvalue weighted by atomic mass is 10.5. The third kappa shape index (κ3) is 3.55. The topological polar surface area (TPSA) is 88.5 Å². The first-order valence-electron chi connectivity index (χ1n) is 4.21. The van der Waals surface area contributed by atoms with Crippen LogP contribution in [0.3, 0.4) is 0 Å². The highest BCUT2D eigenvalue weighted by molar-refractivity contribution is 7.09. The minimum absolute atomic E-state index is 0.0966. The molecule has 82 valence electrons. The fourth-order valence-electron chi connectivity index (χ4n) is 0.842. The second-order valence-corrected chi connectivity index (χ2v) is 3.45. The number of carbonyl (C=O) groups excluding carboxylic acids is 1. The summed E-state index contributed by atoms with van der Waals surface area (Å²) in [5, 5.41) is 12.6. The summed E-state index contributed by atoms with van der Waals surface area (Å²) in [5.74, 6) is -0.490.